The molecule has 0 atom stereocenters. The van der Waals surface area contributed by atoms with Crippen LogP contribution in [0.3, 0.4) is 0 Å². The molecular formula is C8H15NO5. The predicted octanol–water partition coefficient (Wildman–Crippen LogP) is 1.26. The summed E-state index contributed by atoms with van der Waals surface area (Å²) in [6, 6.07) is 0. The fraction of sp³-hybridized carbons (Fsp3) is 0.750. The van der Waals surface area contributed by atoms with E-state index in [9.17, 15) is 9.59 Å². The van der Waals surface area contributed by atoms with Gasteiger partial charge in [0.2, 0.25) is 0 Å². The van der Waals surface area contributed by atoms with Gasteiger partial charge in [-0.2, -0.15) is 0 Å². The van der Waals surface area contributed by atoms with Gasteiger partial charge in [0.05, 0.1) is 13.7 Å². The van der Waals surface area contributed by atoms with Crippen molar-refractivity contribution in [3.8, 4) is 0 Å². The molecule has 0 unspecified atom stereocenters. The first kappa shape index (κ1) is 12.7. The molecule has 14 heavy (non-hydrogen) atoms. The molecule has 0 saturated heterocycles. The van der Waals surface area contributed by atoms with Crippen molar-refractivity contribution in [2.75, 3.05) is 13.7 Å². The number of hydrogen-bond donors (Lipinski definition) is 0. The third-order valence-electron chi connectivity index (χ3n) is 1.25. The summed E-state index contributed by atoms with van der Waals surface area (Å²) >= 11 is 0. The molecule has 6 heteroatoms. The molecule has 0 aliphatic carbocycles. The summed E-state index contributed by atoms with van der Waals surface area (Å²) in [6.45, 7) is 3.40. The SMILES string of the molecule is CCCCOC(=O)N(OC)OC(C)=O. The summed E-state index contributed by atoms with van der Waals surface area (Å²) < 4.78 is 4.72. The summed E-state index contributed by atoms with van der Waals surface area (Å²) in [6.07, 6.45) is 0.827. The lowest BCUT2D eigenvalue weighted by Gasteiger charge is -2.15. The number of rotatable bonds is 4. The Bertz CT molecular complexity index is 194. The van der Waals surface area contributed by atoms with Crippen LogP contribution in [-0.4, -0.2) is 31.0 Å². The topological polar surface area (TPSA) is 65.1 Å². The number of amides is 1. The Balaban J connectivity index is 3.85. The summed E-state index contributed by atoms with van der Waals surface area (Å²) in [5.74, 6) is -0.653. The van der Waals surface area contributed by atoms with E-state index in [1.165, 1.54) is 7.11 Å². The largest absolute Gasteiger partial charge is 0.469 e. The van der Waals surface area contributed by atoms with E-state index in [4.69, 9.17) is 4.74 Å². The molecule has 0 bridgehead atoms. The van der Waals surface area contributed by atoms with Crippen molar-refractivity contribution in [1.82, 2.24) is 5.23 Å². The quantitative estimate of drug-likeness (QED) is 0.510. The van der Waals surface area contributed by atoms with E-state index in [1.54, 1.807) is 0 Å². The van der Waals surface area contributed by atoms with Crippen molar-refractivity contribution in [2.45, 2.75) is 26.7 Å². The first-order valence-corrected chi connectivity index (χ1v) is 4.31. The highest BCUT2D eigenvalue weighted by Crippen LogP contribution is 1.98. The van der Waals surface area contributed by atoms with Crippen LogP contribution in [0.5, 0.6) is 0 Å². The highest BCUT2D eigenvalue weighted by Gasteiger charge is 2.17. The second-order valence-corrected chi connectivity index (χ2v) is 2.49. The van der Waals surface area contributed by atoms with Gasteiger partial charge in [-0.05, 0) is 6.42 Å². The van der Waals surface area contributed by atoms with Gasteiger partial charge in [0.1, 0.15) is 0 Å². The van der Waals surface area contributed by atoms with Crippen molar-refractivity contribution in [3.63, 3.8) is 0 Å². The summed E-state index contributed by atoms with van der Waals surface area (Å²) in [7, 11) is 1.20. The van der Waals surface area contributed by atoms with Gasteiger partial charge < -0.3 is 9.57 Å². The number of carbonyl (C=O) groups excluding carboxylic acids is 2. The minimum absolute atomic E-state index is 0.274. The Hall–Kier alpha value is -1.30. The zero-order valence-corrected chi connectivity index (χ0v) is 8.61. The van der Waals surface area contributed by atoms with Crippen LogP contribution >= 0.6 is 0 Å². The lowest BCUT2D eigenvalue weighted by molar-refractivity contribution is -0.302. The van der Waals surface area contributed by atoms with Gasteiger partial charge >= 0.3 is 12.1 Å². The molecule has 0 rings (SSSR count). The number of unbranched alkanes of at least 4 members (excludes halogenated alkanes) is 1. The second kappa shape index (κ2) is 7.14. The average molecular weight is 205 g/mol. The highest BCUT2D eigenvalue weighted by molar-refractivity contribution is 5.70. The number of hydrogen-bond acceptors (Lipinski definition) is 5. The Morgan fingerprint density at radius 1 is 1.36 bits per heavy atom. The molecule has 0 radical (unpaired) electrons. The molecule has 0 saturated carbocycles. The van der Waals surface area contributed by atoms with Crippen LogP contribution in [0.25, 0.3) is 0 Å². The maximum atomic E-state index is 11.1. The molecule has 6 nitrogen and oxygen atoms in total. The lowest BCUT2D eigenvalue weighted by atomic mass is 10.4. The van der Waals surface area contributed by atoms with Crippen LogP contribution in [0.1, 0.15) is 26.7 Å². The maximum absolute atomic E-state index is 11.1. The summed E-state index contributed by atoms with van der Waals surface area (Å²) in [5, 5.41) is 0.401. The van der Waals surface area contributed by atoms with E-state index < -0.39 is 12.1 Å². The zero-order chi connectivity index (χ0) is 11.0. The van der Waals surface area contributed by atoms with Crippen LogP contribution < -0.4 is 0 Å². The number of hydroxylamine groups is 2. The molecule has 0 aromatic carbocycles. The number of ether oxygens (including phenoxy) is 1. The molecule has 0 aromatic rings. The smallest absolute Gasteiger partial charge is 0.446 e. The minimum atomic E-state index is -0.837. The van der Waals surface area contributed by atoms with Crippen molar-refractivity contribution < 1.29 is 24.0 Å². The molecule has 0 spiro atoms. The van der Waals surface area contributed by atoms with Gasteiger partial charge in [-0.1, -0.05) is 13.3 Å². The lowest BCUT2D eigenvalue weighted by Crippen LogP contribution is -2.32. The standard InChI is InChI=1S/C8H15NO5/c1-4-5-6-13-8(11)9(12-3)14-7(2)10/h4-6H2,1-3H3. The van der Waals surface area contributed by atoms with Gasteiger partial charge in [0.15, 0.2) is 0 Å². The minimum Gasteiger partial charge on any atom is -0.446 e. The Morgan fingerprint density at radius 3 is 2.43 bits per heavy atom. The highest BCUT2D eigenvalue weighted by atomic mass is 17.0. The fourth-order valence-electron chi connectivity index (χ4n) is 0.622. The van der Waals surface area contributed by atoms with E-state index in [0.29, 0.717) is 5.23 Å². The van der Waals surface area contributed by atoms with E-state index >= 15 is 0 Å². The Morgan fingerprint density at radius 2 is 2.00 bits per heavy atom. The molecule has 0 aliphatic rings. The van der Waals surface area contributed by atoms with E-state index in [1.807, 2.05) is 6.92 Å². The Labute approximate surface area is 82.6 Å². The predicted molar refractivity (Wildman–Crippen MR) is 46.9 cm³/mol. The molecule has 1 amide bonds. The van der Waals surface area contributed by atoms with E-state index in [2.05, 4.69) is 9.68 Å². The van der Waals surface area contributed by atoms with Gasteiger partial charge in [-0.15, -0.1) is 0 Å². The molecule has 82 valence electrons. The third kappa shape index (κ3) is 5.36. The molecular weight excluding hydrogens is 190 g/mol. The van der Waals surface area contributed by atoms with Crippen LogP contribution in [0.2, 0.25) is 0 Å². The third-order valence-corrected chi connectivity index (χ3v) is 1.25. The van der Waals surface area contributed by atoms with Crippen molar-refractivity contribution in [2.24, 2.45) is 0 Å². The first-order chi connectivity index (χ1) is 6.61. The number of nitrogens with zero attached hydrogens (tertiary/aromatic N) is 1. The van der Waals surface area contributed by atoms with Gasteiger partial charge in [0.25, 0.3) is 0 Å². The molecule has 0 aliphatic heterocycles. The van der Waals surface area contributed by atoms with Crippen molar-refractivity contribution in [3.05, 3.63) is 0 Å². The van der Waals surface area contributed by atoms with Gasteiger partial charge in [-0.25, -0.2) is 14.4 Å². The molecule has 0 aromatic heterocycles. The van der Waals surface area contributed by atoms with Gasteiger partial charge in [-0.3, -0.25) is 0 Å². The van der Waals surface area contributed by atoms with Crippen LogP contribution in [0, 0.1) is 0 Å². The second-order valence-electron chi connectivity index (χ2n) is 2.49. The normalized spacial score (nSPS) is 9.36. The van der Waals surface area contributed by atoms with Crippen LogP contribution in [0.15, 0.2) is 0 Å². The Kier molecular flexibility index (Phi) is 6.47. The maximum Gasteiger partial charge on any atom is 0.469 e. The van der Waals surface area contributed by atoms with Gasteiger partial charge in [0, 0.05) is 12.2 Å². The average Bonchev–Trinajstić information content (AvgIpc) is 2.14. The van der Waals surface area contributed by atoms with E-state index in [-0.39, 0.29) is 6.61 Å². The van der Waals surface area contributed by atoms with Crippen LogP contribution in [0.4, 0.5) is 4.79 Å². The van der Waals surface area contributed by atoms with Crippen molar-refractivity contribution in [1.29, 1.82) is 0 Å². The monoisotopic (exact) mass is 205 g/mol. The molecule has 0 fully saturated rings. The zero-order valence-electron chi connectivity index (χ0n) is 8.61. The fourth-order valence-corrected chi connectivity index (χ4v) is 0.622. The first-order valence-electron chi connectivity index (χ1n) is 4.31. The summed E-state index contributed by atoms with van der Waals surface area (Å²) in [4.78, 5) is 30.4. The van der Waals surface area contributed by atoms with Crippen LogP contribution in [-0.2, 0) is 19.2 Å². The molecule has 0 heterocycles. The molecule has 0 N–H and O–H groups in total. The number of carbonyl (C=O) groups is 2. The van der Waals surface area contributed by atoms with Crippen molar-refractivity contribution >= 4 is 12.1 Å². The van der Waals surface area contributed by atoms with E-state index in [0.717, 1.165) is 19.8 Å². The summed E-state index contributed by atoms with van der Waals surface area (Å²) in [5.41, 5.74) is 0.